The van der Waals surface area contributed by atoms with Crippen LogP contribution in [0.2, 0.25) is 0 Å². The molecule has 5 heteroatoms. The fourth-order valence-electron chi connectivity index (χ4n) is 1.45. The number of hydrogen-bond donors (Lipinski definition) is 2. The lowest BCUT2D eigenvalue weighted by molar-refractivity contribution is -0.122. The molecular weight excluding hydrogens is 212 g/mol. The van der Waals surface area contributed by atoms with Crippen molar-refractivity contribution in [1.82, 2.24) is 10.6 Å². The van der Waals surface area contributed by atoms with Crippen LogP contribution in [0.4, 0.5) is 0 Å². The van der Waals surface area contributed by atoms with E-state index in [0.29, 0.717) is 0 Å². The largest absolute Gasteiger partial charge is 0.385 e. The molecule has 15 heavy (non-hydrogen) atoms. The predicted octanol–water partition coefficient (Wildman–Crippen LogP) is 0.582. The molecule has 0 aromatic heterocycles. The smallest absolute Gasteiger partial charge is 0.238 e. The van der Waals surface area contributed by atoms with Crippen LogP contribution < -0.4 is 10.6 Å². The lowest BCUT2D eigenvalue weighted by atomic mass is 10.2. The fourth-order valence-corrected chi connectivity index (χ4v) is 2.39. The van der Waals surface area contributed by atoms with E-state index in [-0.39, 0.29) is 11.9 Å². The average molecular weight is 232 g/mol. The molecule has 4 nitrogen and oxygen atoms in total. The highest BCUT2D eigenvalue weighted by molar-refractivity contribution is 7.99. The Morgan fingerprint density at radius 1 is 1.53 bits per heavy atom. The van der Waals surface area contributed by atoms with Crippen LogP contribution in [-0.2, 0) is 9.53 Å². The molecule has 0 radical (unpaired) electrons. The van der Waals surface area contributed by atoms with E-state index in [0.717, 1.165) is 44.0 Å². The highest BCUT2D eigenvalue weighted by Crippen LogP contribution is 2.09. The van der Waals surface area contributed by atoms with Crippen molar-refractivity contribution in [3.63, 3.8) is 0 Å². The number of amides is 1. The van der Waals surface area contributed by atoms with Gasteiger partial charge in [0.2, 0.25) is 5.91 Å². The van der Waals surface area contributed by atoms with Gasteiger partial charge in [0, 0.05) is 31.9 Å². The normalized spacial score (nSPS) is 20.5. The van der Waals surface area contributed by atoms with Crippen LogP contribution in [0.5, 0.6) is 0 Å². The van der Waals surface area contributed by atoms with Crippen LogP contribution in [0.15, 0.2) is 0 Å². The van der Waals surface area contributed by atoms with Gasteiger partial charge < -0.3 is 10.1 Å². The Morgan fingerprint density at radius 3 is 3.07 bits per heavy atom. The molecule has 1 unspecified atom stereocenters. The maximum absolute atomic E-state index is 11.5. The second-order valence-electron chi connectivity index (χ2n) is 3.62. The first kappa shape index (κ1) is 12.8. The zero-order valence-electron chi connectivity index (χ0n) is 9.25. The Morgan fingerprint density at radius 2 is 2.40 bits per heavy atom. The Labute approximate surface area is 95.5 Å². The lowest BCUT2D eigenvalue weighted by Crippen LogP contribution is -2.42. The average Bonchev–Trinajstić information content (AvgIpc) is 2.76. The topological polar surface area (TPSA) is 50.4 Å². The number of ether oxygens (including phenoxy) is 1. The van der Waals surface area contributed by atoms with Crippen LogP contribution in [0, 0.1) is 0 Å². The summed E-state index contributed by atoms with van der Waals surface area (Å²) < 4.78 is 4.95. The summed E-state index contributed by atoms with van der Waals surface area (Å²) in [7, 11) is 1.71. The number of hydrogen-bond acceptors (Lipinski definition) is 4. The molecule has 1 rings (SSSR count). The summed E-state index contributed by atoms with van der Waals surface area (Å²) in [6.07, 6.45) is 3.22. The maximum Gasteiger partial charge on any atom is 0.238 e. The van der Waals surface area contributed by atoms with Crippen molar-refractivity contribution >= 4 is 17.7 Å². The number of carbonyl (C=O) groups excluding carboxylic acids is 1. The SMILES string of the molecule is COCCCCCNC(=O)C1CSCN1. The highest BCUT2D eigenvalue weighted by Gasteiger charge is 2.21. The van der Waals surface area contributed by atoms with E-state index in [1.807, 2.05) is 0 Å². The summed E-state index contributed by atoms with van der Waals surface area (Å²) in [5.74, 6) is 1.94. The number of carbonyl (C=O) groups is 1. The second kappa shape index (κ2) is 7.96. The number of unbranched alkanes of at least 4 members (excludes halogenated alkanes) is 2. The number of methoxy groups -OCH3 is 1. The molecule has 1 fully saturated rings. The third-order valence-electron chi connectivity index (χ3n) is 2.36. The van der Waals surface area contributed by atoms with Gasteiger partial charge in [0.15, 0.2) is 0 Å². The molecule has 0 aromatic carbocycles. The van der Waals surface area contributed by atoms with Gasteiger partial charge in [-0.1, -0.05) is 0 Å². The van der Waals surface area contributed by atoms with Crippen molar-refractivity contribution < 1.29 is 9.53 Å². The number of nitrogens with one attached hydrogen (secondary N) is 2. The van der Waals surface area contributed by atoms with Crippen molar-refractivity contribution in [2.75, 3.05) is 31.9 Å². The zero-order chi connectivity index (χ0) is 10.9. The Bertz CT molecular complexity index is 184. The molecule has 1 saturated heterocycles. The fraction of sp³-hybridized carbons (Fsp3) is 0.900. The summed E-state index contributed by atoms with van der Waals surface area (Å²) in [5, 5.41) is 6.09. The van der Waals surface area contributed by atoms with Gasteiger partial charge in [0.1, 0.15) is 0 Å². The molecule has 1 heterocycles. The molecular formula is C10H20N2O2S. The zero-order valence-corrected chi connectivity index (χ0v) is 10.1. The predicted molar refractivity (Wildman–Crippen MR) is 63.0 cm³/mol. The maximum atomic E-state index is 11.5. The van der Waals surface area contributed by atoms with Crippen LogP contribution in [0.1, 0.15) is 19.3 Å². The van der Waals surface area contributed by atoms with E-state index in [1.54, 1.807) is 18.9 Å². The van der Waals surface area contributed by atoms with E-state index in [2.05, 4.69) is 10.6 Å². The third kappa shape index (κ3) is 5.39. The molecule has 1 atom stereocenters. The molecule has 0 spiro atoms. The summed E-state index contributed by atoms with van der Waals surface area (Å²) >= 11 is 1.77. The molecule has 0 aromatic rings. The first-order valence-electron chi connectivity index (χ1n) is 5.42. The second-order valence-corrected chi connectivity index (χ2v) is 4.65. The minimum absolute atomic E-state index is 0.0222. The first-order chi connectivity index (χ1) is 7.34. The molecule has 0 aliphatic carbocycles. The standard InChI is InChI=1S/C10H20N2O2S/c1-14-6-4-2-3-5-11-10(13)9-7-15-8-12-9/h9,12H,2-8H2,1H3,(H,11,13). The van der Waals surface area contributed by atoms with E-state index >= 15 is 0 Å². The van der Waals surface area contributed by atoms with Crippen molar-refractivity contribution in [2.45, 2.75) is 25.3 Å². The van der Waals surface area contributed by atoms with Gasteiger partial charge in [0.25, 0.3) is 0 Å². The van der Waals surface area contributed by atoms with Gasteiger partial charge in [0.05, 0.1) is 6.04 Å². The highest BCUT2D eigenvalue weighted by atomic mass is 32.2. The van der Waals surface area contributed by atoms with Crippen molar-refractivity contribution in [3.8, 4) is 0 Å². The van der Waals surface area contributed by atoms with E-state index < -0.39 is 0 Å². The van der Waals surface area contributed by atoms with Gasteiger partial charge in [-0.15, -0.1) is 11.8 Å². The van der Waals surface area contributed by atoms with Crippen LogP contribution in [-0.4, -0.2) is 43.8 Å². The number of thioether (sulfide) groups is 1. The van der Waals surface area contributed by atoms with Gasteiger partial charge in [-0.3, -0.25) is 10.1 Å². The Balaban J connectivity index is 1.92. The summed E-state index contributed by atoms with van der Waals surface area (Å²) in [5.41, 5.74) is 0. The van der Waals surface area contributed by atoms with Crippen LogP contribution in [0.25, 0.3) is 0 Å². The summed E-state index contributed by atoms with van der Waals surface area (Å²) in [4.78, 5) is 11.5. The van der Waals surface area contributed by atoms with E-state index in [9.17, 15) is 4.79 Å². The van der Waals surface area contributed by atoms with Gasteiger partial charge >= 0.3 is 0 Å². The quantitative estimate of drug-likeness (QED) is 0.631. The minimum atomic E-state index is 0.0222. The van der Waals surface area contributed by atoms with E-state index in [1.165, 1.54) is 0 Å². The molecule has 1 aliphatic heterocycles. The van der Waals surface area contributed by atoms with Crippen molar-refractivity contribution in [2.24, 2.45) is 0 Å². The van der Waals surface area contributed by atoms with Gasteiger partial charge in [-0.05, 0) is 19.3 Å². The number of rotatable bonds is 7. The Hall–Kier alpha value is -0.260. The monoisotopic (exact) mass is 232 g/mol. The van der Waals surface area contributed by atoms with E-state index in [4.69, 9.17) is 4.74 Å². The van der Waals surface area contributed by atoms with Crippen molar-refractivity contribution in [3.05, 3.63) is 0 Å². The first-order valence-corrected chi connectivity index (χ1v) is 6.58. The molecule has 0 saturated carbocycles. The molecule has 2 N–H and O–H groups in total. The minimum Gasteiger partial charge on any atom is -0.385 e. The lowest BCUT2D eigenvalue weighted by Gasteiger charge is -2.09. The Kier molecular flexibility index (Phi) is 6.80. The van der Waals surface area contributed by atoms with Crippen LogP contribution >= 0.6 is 11.8 Å². The molecule has 88 valence electrons. The van der Waals surface area contributed by atoms with Crippen molar-refractivity contribution in [1.29, 1.82) is 0 Å². The summed E-state index contributed by atoms with van der Waals surface area (Å²) in [6.45, 7) is 1.60. The molecule has 0 bridgehead atoms. The van der Waals surface area contributed by atoms with Gasteiger partial charge in [-0.25, -0.2) is 0 Å². The third-order valence-corrected chi connectivity index (χ3v) is 3.30. The van der Waals surface area contributed by atoms with Gasteiger partial charge in [-0.2, -0.15) is 0 Å². The van der Waals surface area contributed by atoms with Crippen LogP contribution in [0.3, 0.4) is 0 Å². The summed E-state index contributed by atoms with van der Waals surface area (Å²) in [6, 6.07) is 0.0222. The molecule has 1 aliphatic rings. The molecule has 1 amide bonds.